The number of carbonyl (C=O) groups is 2. The molecule has 0 fully saturated rings. The summed E-state index contributed by atoms with van der Waals surface area (Å²) in [5.74, 6) is -0.902. The predicted molar refractivity (Wildman–Crippen MR) is 99.8 cm³/mol. The second-order valence-corrected chi connectivity index (χ2v) is 5.99. The molecule has 1 unspecified atom stereocenters. The van der Waals surface area contributed by atoms with E-state index >= 15 is 0 Å². The molecule has 0 saturated carbocycles. The molecule has 0 radical (unpaired) electrons. The molecular weight excluding hydrogens is 368 g/mol. The topological polar surface area (TPSA) is 128 Å². The van der Waals surface area contributed by atoms with Crippen molar-refractivity contribution in [1.82, 2.24) is 5.32 Å². The Morgan fingerprint density at radius 3 is 2.46 bits per heavy atom. The Kier molecular flexibility index (Phi) is 6.54. The second-order valence-electron chi connectivity index (χ2n) is 5.99. The number of hydrogen-bond acceptors (Lipinski definition) is 6. The number of nitro groups is 1. The van der Waals surface area contributed by atoms with E-state index in [0.717, 1.165) is 6.07 Å². The minimum Gasteiger partial charge on any atom is -0.497 e. The standard InChI is InChI=1S/C19H20N2O7/c1-11-4-5-12(8-16(11)21(25)26)19(24)20-15(10-18(22)23)14-7-6-13(27-2)9-17(14)28-3/h4-9,15H,10H2,1-3H3,(H,20,24)(H,22,23). The Morgan fingerprint density at radius 2 is 1.89 bits per heavy atom. The number of aliphatic carboxylic acids is 1. The Bertz CT molecular complexity index is 911. The van der Waals surface area contributed by atoms with Gasteiger partial charge < -0.3 is 19.9 Å². The van der Waals surface area contributed by atoms with Crippen molar-refractivity contribution in [1.29, 1.82) is 0 Å². The number of ether oxygens (including phenoxy) is 2. The van der Waals surface area contributed by atoms with Gasteiger partial charge in [0.2, 0.25) is 0 Å². The summed E-state index contributed by atoms with van der Waals surface area (Å²) >= 11 is 0. The van der Waals surface area contributed by atoms with Crippen molar-refractivity contribution in [3.8, 4) is 11.5 Å². The maximum Gasteiger partial charge on any atom is 0.305 e. The molecule has 9 nitrogen and oxygen atoms in total. The normalized spacial score (nSPS) is 11.4. The Balaban J connectivity index is 2.37. The third-order valence-corrected chi connectivity index (χ3v) is 4.17. The summed E-state index contributed by atoms with van der Waals surface area (Å²) in [6.45, 7) is 1.56. The van der Waals surface area contributed by atoms with Gasteiger partial charge in [0.25, 0.3) is 11.6 Å². The van der Waals surface area contributed by atoms with Crippen molar-refractivity contribution in [2.24, 2.45) is 0 Å². The average Bonchev–Trinajstić information content (AvgIpc) is 2.66. The second kappa shape index (κ2) is 8.85. The lowest BCUT2D eigenvalue weighted by atomic mass is 10.0. The molecule has 28 heavy (non-hydrogen) atoms. The number of carboxylic acids is 1. The molecule has 0 heterocycles. The summed E-state index contributed by atoms with van der Waals surface area (Å²) < 4.78 is 10.4. The van der Waals surface area contributed by atoms with Crippen LogP contribution in [0, 0.1) is 17.0 Å². The molecule has 0 aliphatic heterocycles. The average molecular weight is 388 g/mol. The number of carbonyl (C=O) groups excluding carboxylic acids is 1. The van der Waals surface area contributed by atoms with Crippen LogP contribution in [0.2, 0.25) is 0 Å². The van der Waals surface area contributed by atoms with Gasteiger partial charge in [-0.05, 0) is 25.1 Å². The third-order valence-electron chi connectivity index (χ3n) is 4.17. The number of methoxy groups -OCH3 is 2. The van der Waals surface area contributed by atoms with E-state index in [-0.39, 0.29) is 11.3 Å². The maximum absolute atomic E-state index is 12.6. The zero-order valence-electron chi connectivity index (χ0n) is 15.6. The smallest absolute Gasteiger partial charge is 0.305 e. The predicted octanol–water partition coefficient (Wildman–Crippen LogP) is 2.87. The number of benzene rings is 2. The number of carboxylic acid groups (broad SMARTS) is 1. The van der Waals surface area contributed by atoms with Crippen molar-refractivity contribution in [3.63, 3.8) is 0 Å². The van der Waals surface area contributed by atoms with Crippen LogP contribution in [-0.4, -0.2) is 36.1 Å². The third kappa shape index (κ3) is 4.76. The summed E-state index contributed by atoms with van der Waals surface area (Å²) in [6.07, 6.45) is -0.400. The maximum atomic E-state index is 12.6. The van der Waals surface area contributed by atoms with Gasteiger partial charge in [-0.3, -0.25) is 19.7 Å². The molecular formula is C19H20N2O7. The van der Waals surface area contributed by atoms with E-state index in [1.165, 1.54) is 26.4 Å². The Morgan fingerprint density at radius 1 is 1.18 bits per heavy atom. The van der Waals surface area contributed by atoms with Gasteiger partial charge in [-0.2, -0.15) is 0 Å². The van der Waals surface area contributed by atoms with E-state index in [2.05, 4.69) is 5.32 Å². The van der Waals surface area contributed by atoms with E-state index in [0.29, 0.717) is 22.6 Å². The van der Waals surface area contributed by atoms with Crippen molar-refractivity contribution >= 4 is 17.6 Å². The SMILES string of the molecule is COc1ccc(C(CC(=O)O)NC(=O)c2ccc(C)c([N+](=O)[O-])c2)c(OC)c1. The summed E-state index contributed by atoms with van der Waals surface area (Å²) in [5, 5.41) is 23.0. The van der Waals surface area contributed by atoms with Crippen molar-refractivity contribution in [2.45, 2.75) is 19.4 Å². The van der Waals surface area contributed by atoms with Crippen LogP contribution in [0.15, 0.2) is 36.4 Å². The van der Waals surface area contributed by atoms with E-state index in [1.807, 2.05) is 0 Å². The first-order valence-corrected chi connectivity index (χ1v) is 8.26. The number of nitrogens with zero attached hydrogens (tertiary/aromatic N) is 1. The molecule has 0 aliphatic carbocycles. The first-order chi connectivity index (χ1) is 13.3. The van der Waals surface area contributed by atoms with Crippen molar-refractivity contribution in [2.75, 3.05) is 14.2 Å². The van der Waals surface area contributed by atoms with Gasteiger partial charge in [0.15, 0.2) is 0 Å². The molecule has 2 aromatic carbocycles. The molecule has 0 bridgehead atoms. The molecule has 2 N–H and O–H groups in total. The van der Waals surface area contributed by atoms with Gasteiger partial charge in [-0.1, -0.05) is 6.07 Å². The molecule has 1 atom stereocenters. The highest BCUT2D eigenvalue weighted by atomic mass is 16.6. The van der Waals surface area contributed by atoms with Gasteiger partial charge in [0.1, 0.15) is 11.5 Å². The molecule has 2 aromatic rings. The van der Waals surface area contributed by atoms with Crippen LogP contribution < -0.4 is 14.8 Å². The molecule has 0 aromatic heterocycles. The summed E-state index contributed by atoms with van der Waals surface area (Å²) in [5.41, 5.74) is 0.728. The molecule has 0 saturated heterocycles. The van der Waals surface area contributed by atoms with E-state index in [9.17, 15) is 24.8 Å². The fourth-order valence-corrected chi connectivity index (χ4v) is 2.71. The number of nitro benzene ring substituents is 1. The number of nitrogens with one attached hydrogen (secondary N) is 1. The van der Waals surface area contributed by atoms with Gasteiger partial charge in [0.05, 0.1) is 31.6 Å². The Labute approximate surface area is 161 Å². The number of rotatable bonds is 8. The molecule has 148 valence electrons. The lowest BCUT2D eigenvalue weighted by Crippen LogP contribution is -2.30. The van der Waals surface area contributed by atoms with Crippen LogP contribution in [0.1, 0.15) is 33.9 Å². The van der Waals surface area contributed by atoms with Crippen LogP contribution in [0.3, 0.4) is 0 Å². The summed E-state index contributed by atoms with van der Waals surface area (Å²) in [4.78, 5) is 34.5. The first kappa shape index (κ1) is 20.7. The zero-order chi connectivity index (χ0) is 20.8. The van der Waals surface area contributed by atoms with Crippen LogP contribution in [0.4, 0.5) is 5.69 Å². The highest BCUT2D eigenvalue weighted by Crippen LogP contribution is 2.31. The molecule has 0 spiro atoms. The molecule has 9 heteroatoms. The van der Waals surface area contributed by atoms with Crippen molar-refractivity contribution < 1.29 is 29.1 Å². The fourth-order valence-electron chi connectivity index (χ4n) is 2.71. The fraction of sp³-hybridized carbons (Fsp3) is 0.263. The molecule has 1 amide bonds. The largest absolute Gasteiger partial charge is 0.497 e. The Hall–Kier alpha value is -3.62. The minimum atomic E-state index is -1.13. The van der Waals surface area contributed by atoms with Crippen LogP contribution >= 0.6 is 0 Å². The first-order valence-electron chi connectivity index (χ1n) is 8.26. The monoisotopic (exact) mass is 388 g/mol. The van der Waals surface area contributed by atoms with Gasteiger partial charge in [-0.15, -0.1) is 0 Å². The van der Waals surface area contributed by atoms with E-state index < -0.39 is 29.3 Å². The highest BCUT2D eigenvalue weighted by Gasteiger charge is 2.24. The summed E-state index contributed by atoms with van der Waals surface area (Å²) in [7, 11) is 2.90. The molecule has 2 rings (SSSR count). The zero-order valence-corrected chi connectivity index (χ0v) is 15.6. The number of hydrogen-bond donors (Lipinski definition) is 2. The van der Waals surface area contributed by atoms with Crippen LogP contribution in [-0.2, 0) is 4.79 Å². The quantitative estimate of drug-likeness (QED) is 0.525. The lowest BCUT2D eigenvalue weighted by molar-refractivity contribution is -0.385. The van der Waals surface area contributed by atoms with E-state index in [4.69, 9.17) is 9.47 Å². The van der Waals surface area contributed by atoms with Crippen molar-refractivity contribution in [3.05, 3.63) is 63.2 Å². The van der Waals surface area contributed by atoms with Gasteiger partial charge in [-0.25, -0.2) is 0 Å². The van der Waals surface area contributed by atoms with Gasteiger partial charge in [0, 0.05) is 28.8 Å². The lowest BCUT2D eigenvalue weighted by Gasteiger charge is -2.20. The summed E-state index contributed by atoms with van der Waals surface area (Å²) in [6, 6.07) is 7.96. The molecule has 0 aliphatic rings. The number of aryl methyl sites for hydroxylation is 1. The minimum absolute atomic E-state index is 0.0557. The highest BCUT2D eigenvalue weighted by molar-refractivity contribution is 5.95. The van der Waals surface area contributed by atoms with E-state index in [1.54, 1.807) is 25.1 Å². The van der Waals surface area contributed by atoms with Crippen LogP contribution in [0.25, 0.3) is 0 Å². The number of amides is 1. The van der Waals surface area contributed by atoms with Crippen LogP contribution in [0.5, 0.6) is 11.5 Å². The van der Waals surface area contributed by atoms with Gasteiger partial charge >= 0.3 is 5.97 Å².